The Balaban J connectivity index is 1.65. The Labute approximate surface area is 154 Å². The van der Waals surface area contributed by atoms with Crippen LogP contribution in [0.3, 0.4) is 0 Å². The second-order valence-electron chi connectivity index (χ2n) is 6.37. The van der Waals surface area contributed by atoms with Crippen molar-refractivity contribution in [2.45, 2.75) is 50.7 Å². The van der Waals surface area contributed by atoms with Crippen LogP contribution in [0.5, 0.6) is 5.75 Å². The van der Waals surface area contributed by atoms with Crippen LogP contribution < -0.4 is 10.1 Å². The van der Waals surface area contributed by atoms with Gasteiger partial charge in [0.15, 0.2) is 0 Å². The Morgan fingerprint density at radius 3 is 2.64 bits per heavy atom. The Kier molecular flexibility index (Phi) is 9.15. The van der Waals surface area contributed by atoms with E-state index < -0.39 is 6.10 Å². The summed E-state index contributed by atoms with van der Waals surface area (Å²) in [6.07, 6.45) is 8.06. The summed E-state index contributed by atoms with van der Waals surface area (Å²) < 4.78 is 11.3. The van der Waals surface area contributed by atoms with E-state index in [4.69, 9.17) is 9.47 Å². The van der Waals surface area contributed by atoms with Crippen molar-refractivity contribution in [1.82, 2.24) is 0 Å². The molecule has 0 heterocycles. The lowest BCUT2D eigenvalue weighted by atomic mass is 9.98. The highest BCUT2D eigenvalue weighted by Gasteiger charge is 2.15. The van der Waals surface area contributed by atoms with Crippen molar-refractivity contribution in [3.05, 3.63) is 24.3 Å². The summed E-state index contributed by atoms with van der Waals surface area (Å²) in [6, 6.07) is 7.19. The molecule has 0 radical (unpaired) electrons. The lowest BCUT2D eigenvalue weighted by Crippen LogP contribution is -2.27. The van der Waals surface area contributed by atoms with Crippen LogP contribution >= 0.6 is 11.8 Å². The van der Waals surface area contributed by atoms with E-state index in [0.29, 0.717) is 18.8 Å². The van der Waals surface area contributed by atoms with Crippen LogP contribution in [0.2, 0.25) is 0 Å². The van der Waals surface area contributed by atoms with E-state index in [9.17, 15) is 9.90 Å². The summed E-state index contributed by atoms with van der Waals surface area (Å²) in [5.41, 5.74) is 0.750. The van der Waals surface area contributed by atoms with Crippen LogP contribution in [-0.2, 0) is 9.53 Å². The van der Waals surface area contributed by atoms with Crippen molar-refractivity contribution in [2.75, 3.05) is 30.5 Å². The minimum absolute atomic E-state index is 0.0123. The highest BCUT2D eigenvalue weighted by Crippen LogP contribution is 2.20. The van der Waals surface area contributed by atoms with Crippen molar-refractivity contribution in [2.24, 2.45) is 0 Å². The Morgan fingerprint density at radius 1 is 1.24 bits per heavy atom. The van der Waals surface area contributed by atoms with E-state index in [2.05, 4.69) is 5.32 Å². The molecule has 2 N–H and O–H groups in total. The van der Waals surface area contributed by atoms with E-state index in [1.807, 2.05) is 6.26 Å². The van der Waals surface area contributed by atoms with Gasteiger partial charge in [-0.25, -0.2) is 0 Å². The number of hydrogen-bond donors (Lipinski definition) is 2. The van der Waals surface area contributed by atoms with Gasteiger partial charge in [-0.15, -0.1) is 0 Å². The third-order valence-corrected chi connectivity index (χ3v) is 4.80. The molecule has 6 heteroatoms. The molecule has 1 fully saturated rings. The number of aliphatic hydroxyl groups is 1. The maximum absolute atomic E-state index is 11.7. The van der Waals surface area contributed by atoms with Crippen molar-refractivity contribution in [3.8, 4) is 5.75 Å². The van der Waals surface area contributed by atoms with Gasteiger partial charge < -0.3 is 19.9 Å². The van der Waals surface area contributed by atoms with Gasteiger partial charge in [0, 0.05) is 17.9 Å². The van der Waals surface area contributed by atoms with E-state index in [-0.39, 0.29) is 18.6 Å². The monoisotopic (exact) mass is 367 g/mol. The molecule has 1 atom stereocenters. The molecule has 0 aliphatic heterocycles. The van der Waals surface area contributed by atoms with E-state index in [1.54, 1.807) is 36.0 Å². The molecular formula is C19H29NO4S. The number of ether oxygens (including phenoxy) is 2. The Bertz CT molecular complexity index is 503. The molecule has 1 amide bonds. The summed E-state index contributed by atoms with van der Waals surface area (Å²) in [4.78, 5) is 11.7. The zero-order valence-corrected chi connectivity index (χ0v) is 15.7. The molecule has 25 heavy (non-hydrogen) atoms. The normalized spacial score (nSPS) is 16.4. The average Bonchev–Trinajstić information content (AvgIpc) is 2.65. The molecule has 1 aromatic rings. The number of benzene rings is 1. The number of aliphatic hydroxyl groups excluding tert-OH is 1. The molecule has 2 rings (SSSR count). The number of rotatable bonds is 10. The number of hydrogen-bond acceptors (Lipinski definition) is 5. The molecular weight excluding hydrogens is 338 g/mol. The minimum Gasteiger partial charge on any atom is -0.491 e. The van der Waals surface area contributed by atoms with Gasteiger partial charge in [0.05, 0.1) is 12.7 Å². The average molecular weight is 368 g/mol. The SMILES string of the molecule is CSCCC(=O)Nc1ccc(OCC(O)COC2CCCCC2)cc1. The van der Waals surface area contributed by atoms with Crippen LogP contribution in [0.15, 0.2) is 24.3 Å². The molecule has 1 aliphatic rings. The zero-order chi connectivity index (χ0) is 17.9. The summed E-state index contributed by atoms with van der Waals surface area (Å²) in [7, 11) is 0. The molecule has 0 bridgehead atoms. The fourth-order valence-electron chi connectivity index (χ4n) is 2.77. The largest absolute Gasteiger partial charge is 0.491 e. The topological polar surface area (TPSA) is 67.8 Å². The second kappa shape index (κ2) is 11.4. The lowest BCUT2D eigenvalue weighted by molar-refractivity contribution is -0.115. The zero-order valence-electron chi connectivity index (χ0n) is 14.9. The quantitative estimate of drug-likeness (QED) is 0.663. The maximum Gasteiger partial charge on any atom is 0.225 e. The molecule has 0 saturated heterocycles. The number of carbonyl (C=O) groups is 1. The minimum atomic E-state index is -0.632. The smallest absolute Gasteiger partial charge is 0.225 e. The van der Waals surface area contributed by atoms with Gasteiger partial charge >= 0.3 is 0 Å². The summed E-state index contributed by atoms with van der Waals surface area (Å²) in [5, 5.41) is 12.8. The van der Waals surface area contributed by atoms with Gasteiger partial charge in [0.1, 0.15) is 18.5 Å². The van der Waals surface area contributed by atoms with Gasteiger partial charge in [-0.3, -0.25) is 4.79 Å². The predicted molar refractivity (Wildman–Crippen MR) is 102 cm³/mol. The molecule has 1 unspecified atom stereocenters. The highest BCUT2D eigenvalue weighted by atomic mass is 32.2. The third kappa shape index (κ3) is 8.12. The van der Waals surface area contributed by atoms with Crippen LogP contribution in [0, 0.1) is 0 Å². The summed E-state index contributed by atoms with van der Waals surface area (Å²) in [5.74, 6) is 1.49. The fraction of sp³-hybridized carbons (Fsp3) is 0.632. The fourth-order valence-corrected chi connectivity index (χ4v) is 3.16. The first-order valence-corrected chi connectivity index (χ1v) is 10.4. The van der Waals surface area contributed by atoms with E-state index >= 15 is 0 Å². The number of nitrogens with one attached hydrogen (secondary N) is 1. The lowest BCUT2D eigenvalue weighted by Gasteiger charge is -2.23. The number of thioether (sulfide) groups is 1. The van der Waals surface area contributed by atoms with E-state index in [1.165, 1.54) is 19.3 Å². The van der Waals surface area contributed by atoms with Crippen molar-refractivity contribution >= 4 is 23.4 Å². The van der Waals surface area contributed by atoms with Gasteiger partial charge in [0.2, 0.25) is 5.91 Å². The first-order valence-electron chi connectivity index (χ1n) is 8.98. The Hall–Kier alpha value is -1.24. The van der Waals surface area contributed by atoms with Gasteiger partial charge in [-0.1, -0.05) is 19.3 Å². The van der Waals surface area contributed by atoms with Crippen LogP contribution in [0.25, 0.3) is 0 Å². The second-order valence-corrected chi connectivity index (χ2v) is 7.36. The van der Waals surface area contributed by atoms with Crippen LogP contribution in [0.4, 0.5) is 5.69 Å². The first kappa shape index (κ1) is 20.1. The number of anilines is 1. The van der Waals surface area contributed by atoms with Crippen molar-refractivity contribution in [3.63, 3.8) is 0 Å². The predicted octanol–water partition coefficient (Wildman–Crippen LogP) is 3.47. The number of amides is 1. The van der Waals surface area contributed by atoms with Crippen molar-refractivity contribution in [1.29, 1.82) is 0 Å². The number of carbonyl (C=O) groups excluding carboxylic acids is 1. The molecule has 5 nitrogen and oxygen atoms in total. The van der Waals surface area contributed by atoms with Crippen LogP contribution in [0.1, 0.15) is 38.5 Å². The maximum atomic E-state index is 11.7. The van der Waals surface area contributed by atoms with Gasteiger partial charge in [-0.2, -0.15) is 11.8 Å². The molecule has 1 aliphatic carbocycles. The summed E-state index contributed by atoms with van der Waals surface area (Å²) >= 11 is 1.65. The summed E-state index contributed by atoms with van der Waals surface area (Å²) in [6.45, 7) is 0.514. The van der Waals surface area contributed by atoms with Gasteiger partial charge in [-0.05, 0) is 43.4 Å². The van der Waals surface area contributed by atoms with Gasteiger partial charge in [0.25, 0.3) is 0 Å². The van der Waals surface area contributed by atoms with Crippen molar-refractivity contribution < 1.29 is 19.4 Å². The molecule has 1 saturated carbocycles. The van der Waals surface area contributed by atoms with Crippen LogP contribution in [-0.4, -0.2) is 48.4 Å². The van der Waals surface area contributed by atoms with E-state index in [0.717, 1.165) is 24.3 Å². The highest BCUT2D eigenvalue weighted by molar-refractivity contribution is 7.98. The molecule has 0 aromatic heterocycles. The third-order valence-electron chi connectivity index (χ3n) is 4.19. The molecule has 140 valence electrons. The first-order chi connectivity index (χ1) is 12.2. The standard InChI is InChI=1S/C19H29NO4S/c1-25-12-11-19(22)20-15-7-9-18(10-8-15)24-14-16(21)13-23-17-5-3-2-4-6-17/h7-10,16-17,21H,2-6,11-14H2,1H3,(H,20,22). The molecule has 1 aromatic carbocycles. The molecule has 0 spiro atoms. The Morgan fingerprint density at radius 2 is 1.96 bits per heavy atom.